The lowest BCUT2D eigenvalue weighted by Crippen LogP contribution is -2.34. The van der Waals surface area contributed by atoms with Crippen molar-refractivity contribution in [3.05, 3.63) is 23.8 Å². The maximum atomic E-state index is 12.9. The lowest BCUT2D eigenvalue weighted by atomic mass is 9.85. The van der Waals surface area contributed by atoms with Gasteiger partial charge in [-0.1, -0.05) is 6.42 Å². The van der Waals surface area contributed by atoms with Crippen LogP contribution in [0.25, 0.3) is 0 Å². The summed E-state index contributed by atoms with van der Waals surface area (Å²) in [5.41, 5.74) is 5.81. The molecule has 4 nitrogen and oxygen atoms in total. The third-order valence-corrected chi connectivity index (χ3v) is 4.15. The van der Waals surface area contributed by atoms with E-state index >= 15 is 0 Å². The van der Waals surface area contributed by atoms with Crippen LogP contribution in [0.2, 0.25) is 0 Å². The van der Waals surface area contributed by atoms with Gasteiger partial charge in [0, 0.05) is 26.1 Å². The Hall–Kier alpha value is -1.76. The summed E-state index contributed by atoms with van der Waals surface area (Å²) in [6.45, 7) is 0. The van der Waals surface area contributed by atoms with Crippen LogP contribution in [0.1, 0.15) is 31.2 Å². The van der Waals surface area contributed by atoms with Crippen LogP contribution in [0.5, 0.6) is 0 Å². The van der Waals surface area contributed by atoms with Crippen LogP contribution in [0.4, 0.5) is 24.5 Å². The number of hydrogen-bond donors (Lipinski definition) is 2. The number of nitrogens with one attached hydrogen (secondary N) is 1. The molecule has 0 bridgehead atoms. The predicted octanol–water partition coefficient (Wildman–Crippen LogP) is 3.23. The molecule has 1 aliphatic carbocycles. The Kier molecular flexibility index (Phi) is 5.19. The molecule has 2 atom stereocenters. The molecule has 0 spiro atoms. The minimum atomic E-state index is -4.45. The standard InChI is InChI=1S/C16H22F3N3O/c1-22(2)14-7-6-11(16(17,18)19)9-13(14)21-15(23)10-4-3-5-12(20)8-10/h6-7,9-10,12H,3-5,8,20H2,1-2H3,(H,21,23). The molecule has 7 heteroatoms. The third kappa shape index (κ3) is 4.37. The summed E-state index contributed by atoms with van der Waals surface area (Å²) in [5, 5.41) is 2.66. The zero-order valence-corrected chi connectivity index (χ0v) is 13.3. The molecule has 2 unspecified atom stereocenters. The predicted molar refractivity (Wildman–Crippen MR) is 84.3 cm³/mol. The summed E-state index contributed by atoms with van der Waals surface area (Å²) in [4.78, 5) is 14.1. The molecular formula is C16H22F3N3O. The number of anilines is 2. The molecule has 1 fully saturated rings. The Bertz CT molecular complexity index is 572. The SMILES string of the molecule is CN(C)c1ccc(C(F)(F)F)cc1NC(=O)C1CCCC(N)C1. The molecule has 0 saturated heterocycles. The zero-order chi connectivity index (χ0) is 17.2. The molecule has 0 heterocycles. The molecule has 1 aliphatic rings. The van der Waals surface area contributed by atoms with Crippen LogP contribution in [0.15, 0.2) is 18.2 Å². The van der Waals surface area contributed by atoms with Gasteiger partial charge in [-0.2, -0.15) is 13.2 Å². The first-order valence-corrected chi connectivity index (χ1v) is 7.63. The van der Waals surface area contributed by atoms with Crippen LogP contribution in [0, 0.1) is 5.92 Å². The normalized spacial score (nSPS) is 21.8. The molecule has 128 valence electrons. The summed E-state index contributed by atoms with van der Waals surface area (Å²) in [5.74, 6) is -0.508. The van der Waals surface area contributed by atoms with E-state index in [9.17, 15) is 18.0 Å². The molecule has 1 amide bonds. The van der Waals surface area contributed by atoms with E-state index in [0.29, 0.717) is 12.1 Å². The number of nitrogens with two attached hydrogens (primary N) is 1. The highest BCUT2D eigenvalue weighted by molar-refractivity contribution is 5.96. The van der Waals surface area contributed by atoms with Gasteiger partial charge in [0.1, 0.15) is 0 Å². The number of amides is 1. The molecule has 1 aromatic rings. The van der Waals surface area contributed by atoms with Crippen molar-refractivity contribution in [2.45, 2.75) is 37.9 Å². The quantitative estimate of drug-likeness (QED) is 0.895. The zero-order valence-electron chi connectivity index (χ0n) is 13.3. The Balaban J connectivity index is 2.24. The largest absolute Gasteiger partial charge is 0.416 e. The molecule has 1 saturated carbocycles. The fourth-order valence-electron chi connectivity index (χ4n) is 2.90. The van der Waals surface area contributed by atoms with Crippen LogP contribution in [-0.2, 0) is 11.0 Å². The fraction of sp³-hybridized carbons (Fsp3) is 0.562. The van der Waals surface area contributed by atoms with Crippen molar-refractivity contribution in [3.63, 3.8) is 0 Å². The molecule has 0 aromatic heterocycles. The first kappa shape index (κ1) is 17.6. The molecule has 2 rings (SSSR count). The Morgan fingerprint density at radius 3 is 2.57 bits per heavy atom. The number of alkyl halides is 3. The lowest BCUT2D eigenvalue weighted by Gasteiger charge is -2.27. The Morgan fingerprint density at radius 2 is 2.00 bits per heavy atom. The molecular weight excluding hydrogens is 307 g/mol. The second-order valence-corrected chi connectivity index (χ2v) is 6.24. The minimum absolute atomic E-state index is 0.0191. The highest BCUT2D eigenvalue weighted by Crippen LogP contribution is 2.35. The fourth-order valence-corrected chi connectivity index (χ4v) is 2.90. The van der Waals surface area contributed by atoms with Gasteiger partial charge in [0.25, 0.3) is 0 Å². The van der Waals surface area contributed by atoms with Crippen molar-refractivity contribution in [1.82, 2.24) is 0 Å². The van der Waals surface area contributed by atoms with Crippen molar-refractivity contribution in [3.8, 4) is 0 Å². The first-order chi connectivity index (χ1) is 10.7. The second-order valence-electron chi connectivity index (χ2n) is 6.24. The Morgan fingerprint density at radius 1 is 1.30 bits per heavy atom. The van der Waals surface area contributed by atoms with Crippen molar-refractivity contribution < 1.29 is 18.0 Å². The van der Waals surface area contributed by atoms with E-state index < -0.39 is 11.7 Å². The average Bonchev–Trinajstić information content (AvgIpc) is 2.46. The van der Waals surface area contributed by atoms with Gasteiger partial charge in [-0.05, 0) is 37.5 Å². The molecule has 1 aromatic carbocycles. The number of carbonyl (C=O) groups is 1. The maximum Gasteiger partial charge on any atom is 0.416 e. The highest BCUT2D eigenvalue weighted by Gasteiger charge is 2.32. The van der Waals surface area contributed by atoms with Gasteiger partial charge in [-0.15, -0.1) is 0 Å². The molecule has 0 aliphatic heterocycles. The van der Waals surface area contributed by atoms with Gasteiger partial charge >= 0.3 is 6.18 Å². The number of rotatable bonds is 3. The van der Waals surface area contributed by atoms with Crippen LogP contribution >= 0.6 is 0 Å². The second kappa shape index (κ2) is 6.78. The van der Waals surface area contributed by atoms with E-state index in [1.807, 2.05) is 0 Å². The molecule has 23 heavy (non-hydrogen) atoms. The van der Waals surface area contributed by atoms with Crippen molar-refractivity contribution in [2.75, 3.05) is 24.3 Å². The number of carbonyl (C=O) groups excluding carboxylic acids is 1. The van der Waals surface area contributed by atoms with E-state index in [-0.39, 0.29) is 23.6 Å². The minimum Gasteiger partial charge on any atom is -0.376 e. The van der Waals surface area contributed by atoms with Crippen LogP contribution in [0.3, 0.4) is 0 Å². The van der Waals surface area contributed by atoms with E-state index in [1.165, 1.54) is 6.07 Å². The smallest absolute Gasteiger partial charge is 0.376 e. The van der Waals surface area contributed by atoms with Gasteiger partial charge in [0.2, 0.25) is 5.91 Å². The number of nitrogens with zero attached hydrogens (tertiary/aromatic N) is 1. The molecule has 3 N–H and O–H groups in total. The van der Waals surface area contributed by atoms with Crippen molar-refractivity contribution in [1.29, 1.82) is 0 Å². The topological polar surface area (TPSA) is 58.4 Å². The van der Waals surface area contributed by atoms with Gasteiger partial charge in [-0.25, -0.2) is 0 Å². The van der Waals surface area contributed by atoms with E-state index in [2.05, 4.69) is 5.32 Å². The first-order valence-electron chi connectivity index (χ1n) is 7.63. The Labute approximate surface area is 133 Å². The van der Waals surface area contributed by atoms with Gasteiger partial charge < -0.3 is 16.0 Å². The molecule has 0 radical (unpaired) electrons. The van der Waals surface area contributed by atoms with Crippen molar-refractivity contribution >= 4 is 17.3 Å². The van der Waals surface area contributed by atoms with E-state index in [4.69, 9.17) is 5.73 Å². The third-order valence-electron chi connectivity index (χ3n) is 4.15. The lowest BCUT2D eigenvalue weighted by molar-refractivity contribution is -0.137. The summed E-state index contributed by atoms with van der Waals surface area (Å²) >= 11 is 0. The van der Waals surface area contributed by atoms with Gasteiger partial charge in [0.05, 0.1) is 16.9 Å². The van der Waals surface area contributed by atoms with Gasteiger partial charge in [0.15, 0.2) is 0 Å². The maximum absolute atomic E-state index is 12.9. The number of hydrogen-bond acceptors (Lipinski definition) is 3. The number of benzene rings is 1. The summed E-state index contributed by atoms with van der Waals surface area (Å²) in [6, 6.07) is 3.34. The van der Waals surface area contributed by atoms with Crippen LogP contribution < -0.4 is 16.0 Å². The van der Waals surface area contributed by atoms with E-state index in [0.717, 1.165) is 31.4 Å². The monoisotopic (exact) mass is 329 g/mol. The number of halogens is 3. The van der Waals surface area contributed by atoms with E-state index in [1.54, 1.807) is 19.0 Å². The van der Waals surface area contributed by atoms with Crippen LogP contribution in [-0.4, -0.2) is 26.0 Å². The summed E-state index contributed by atoms with van der Waals surface area (Å²) < 4.78 is 38.7. The highest BCUT2D eigenvalue weighted by atomic mass is 19.4. The summed E-state index contributed by atoms with van der Waals surface area (Å²) in [7, 11) is 3.43. The average molecular weight is 329 g/mol. The van der Waals surface area contributed by atoms with Gasteiger partial charge in [-0.3, -0.25) is 4.79 Å². The summed E-state index contributed by atoms with van der Waals surface area (Å²) in [6.07, 6.45) is -1.41. The van der Waals surface area contributed by atoms with Crippen molar-refractivity contribution in [2.24, 2.45) is 11.7 Å².